The van der Waals surface area contributed by atoms with Gasteiger partial charge in [-0.15, -0.1) is 24.0 Å². The summed E-state index contributed by atoms with van der Waals surface area (Å²) in [5, 5.41) is 6.57. The number of ether oxygens (including phenoxy) is 2. The molecule has 0 amide bonds. The molecule has 2 aromatic rings. The van der Waals surface area contributed by atoms with Crippen molar-refractivity contribution in [1.29, 1.82) is 0 Å². The topological polar surface area (TPSA) is 68.0 Å². The van der Waals surface area contributed by atoms with E-state index in [-0.39, 0.29) is 30.1 Å². The Labute approximate surface area is 171 Å². The van der Waals surface area contributed by atoms with E-state index in [0.29, 0.717) is 19.7 Å². The first-order chi connectivity index (χ1) is 12.2. The summed E-state index contributed by atoms with van der Waals surface area (Å²) in [6.07, 6.45) is -0.0586. The van der Waals surface area contributed by atoms with Crippen LogP contribution >= 0.6 is 24.0 Å². The molecule has 1 aliphatic heterocycles. The van der Waals surface area contributed by atoms with Crippen LogP contribution in [-0.4, -0.2) is 31.8 Å². The Bertz CT molecular complexity index is 745. The highest BCUT2D eigenvalue weighted by Crippen LogP contribution is 2.30. The highest BCUT2D eigenvalue weighted by Gasteiger charge is 2.20. The van der Waals surface area contributed by atoms with Crippen LogP contribution in [0.25, 0.3) is 0 Å². The van der Waals surface area contributed by atoms with Crippen molar-refractivity contribution < 1.29 is 13.9 Å². The van der Waals surface area contributed by atoms with Crippen molar-refractivity contribution in [2.45, 2.75) is 33.4 Å². The molecular weight excluding hydrogens is 445 g/mol. The number of hydrogen-bond donors (Lipinski definition) is 2. The van der Waals surface area contributed by atoms with Gasteiger partial charge in [-0.3, -0.25) is 0 Å². The molecule has 1 aromatic heterocycles. The number of rotatable bonds is 5. The second-order valence-electron chi connectivity index (χ2n) is 6.01. The van der Waals surface area contributed by atoms with Gasteiger partial charge < -0.3 is 24.5 Å². The maximum absolute atomic E-state index is 5.96. The summed E-state index contributed by atoms with van der Waals surface area (Å²) in [5.41, 5.74) is 1.10. The van der Waals surface area contributed by atoms with Crippen LogP contribution in [0.5, 0.6) is 11.5 Å². The summed E-state index contributed by atoms with van der Waals surface area (Å²) < 4.78 is 17.2. The van der Waals surface area contributed by atoms with Crippen molar-refractivity contribution in [3.63, 3.8) is 0 Å². The molecule has 3 rings (SSSR count). The molecule has 0 saturated carbocycles. The summed E-state index contributed by atoms with van der Waals surface area (Å²) in [6.45, 7) is 8.45. The zero-order valence-corrected chi connectivity index (χ0v) is 17.7. The molecule has 1 aliphatic rings. The third-order valence-electron chi connectivity index (χ3n) is 3.96. The number of aliphatic imine (C=N–C) groups is 1. The Morgan fingerprint density at radius 3 is 2.65 bits per heavy atom. The lowest BCUT2D eigenvalue weighted by Gasteiger charge is -2.27. The first-order valence-electron chi connectivity index (χ1n) is 8.62. The van der Waals surface area contributed by atoms with E-state index in [1.54, 1.807) is 0 Å². The first kappa shape index (κ1) is 20.4. The number of hydrogen-bond acceptors (Lipinski definition) is 4. The number of para-hydroxylation sites is 2. The second kappa shape index (κ2) is 9.70. The van der Waals surface area contributed by atoms with Gasteiger partial charge in [-0.2, -0.15) is 0 Å². The number of guanidine groups is 1. The third-order valence-corrected chi connectivity index (χ3v) is 3.96. The van der Waals surface area contributed by atoms with Gasteiger partial charge in [0.1, 0.15) is 24.2 Å². The van der Waals surface area contributed by atoms with E-state index in [0.717, 1.165) is 41.1 Å². The molecule has 1 unspecified atom stereocenters. The Kier molecular flexibility index (Phi) is 7.62. The molecule has 0 aliphatic carbocycles. The normalized spacial score (nSPS) is 16.0. The Balaban J connectivity index is 0.00000243. The van der Waals surface area contributed by atoms with Gasteiger partial charge in [0.2, 0.25) is 0 Å². The average molecular weight is 471 g/mol. The molecule has 0 spiro atoms. The minimum atomic E-state index is -0.0586. The van der Waals surface area contributed by atoms with Crippen LogP contribution in [-0.2, 0) is 6.54 Å². The predicted molar refractivity (Wildman–Crippen MR) is 113 cm³/mol. The van der Waals surface area contributed by atoms with Gasteiger partial charge in [-0.05, 0) is 39.0 Å². The molecule has 0 fully saturated rings. The molecule has 7 heteroatoms. The van der Waals surface area contributed by atoms with Crippen LogP contribution in [0.2, 0.25) is 0 Å². The molecule has 2 N–H and O–H groups in total. The number of halogens is 1. The lowest BCUT2D eigenvalue weighted by atomic mass is 10.2. The Morgan fingerprint density at radius 1 is 1.19 bits per heavy atom. The molecule has 0 saturated heterocycles. The SMILES string of the molecule is CCNC(=NCc1cc(C)oc1C)NCC1COc2ccccc2O1.I. The van der Waals surface area contributed by atoms with Crippen LogP contribution in [0.3, 0.4) is 0 Å². The molecule has 0 radical (unpaired) electrons. The van der Waals surface area contributed by atoms with Crippen molar-refractivity contribution >= 4 is 29.9 Å². The van der Waals surface area contributed by atoms with E-state index in [9.17, 15) is 0 Å². The van der Waals surface area contributed by atoms with Crippen LogP contribution in [0.1, 0.15) is 24.0 Å². The molecule has 2 heterocycles. The second-order valence-corrected chi connectivity index (χ2v) is 6.01. The van der Waals surface area contributed by atoms with Crippen LogP contribution in [0, 0.1) is 13.8 Å². The van der Waals surface area contributed by atoms with E-state index in [4.69, 9.17) is 13.9 Å². The van der Waals surface area contributed by atoms with Gasteiger partial charge in [-0.1, -0.05) is 12.1 Å². The fourth-order valence-electron chi connectivity index (χ4n) is 2.72. The minimum Gasteiger partial charge on any atom is -0.486 e. The number of nitrogens with one attached hydrogen (secondary N) is 2. The maximum Gasteiger partial charge on any atom is 0.191 e. The zero-order chi connectivity index (χ0) is 17.6. The summed E-state index contributed by atoms with van der Waals surface area (Å²) in [6, 6.07) is 9.75. The van der Waals surface area contributed by atoms with Gasteiger partial charge in [0.15, 0.2) is 17.5 Å². The largest absolute Gasteiger partial charge is 0.486 e. The number of aryl methyl sites for hydroxylation is 2. The lowest BCUT2D eigenvalue weighted by molar-refractivity contribution is 0.0936. The van der Waals surface area contributed by atoms with E-state index < -0.39 is 0 Å². The van der Waals surface area contributed by atoms with E-state index in [2.05, 4.69) is 15.6 Å². The van der Waals surface area contributed by atoms with Gasteiger partial charge in [0, 0.05) is 12.1 Å². The molecule has 1 atom stereocenters. The standard InChI is InChI=1S/C19H25N3O3.HI/c1-4-20-19(21-10-15-9-13(2)24-14(15)3)22-11-16-12-23-17-7-5-6-8-18(17)25-16;/h5-9,16H,4,10-12H2,1-3H3,(H2,20,21,22);1H. The average Bonchev–Trinajstić information content (AvgIpc) is 2.94. The lowest BCUT2D eigenvalue weighted by Crippen LogP contribution is -2.45. The van der Waals surface area contributed by atoms with Crippen molar-refractivity contribution in [1.82, 2.24) is 10.6 Å². The Morgan fingerprint density at radius 2 is 1.96 bits per heavy atom. The number of furan rings is 1. The molecule has 26 heavy (non-hydrogen) atoms. The van der Waals surface area contributed by atoms with Gasteiger partial charge in [0.25, 0.3) is 0 Å². The molecule has 6 nitrogen and oxygen atoms in total. The van der Waals surface area contributed by atoms with Gasteiger partial charge in [0.05, 0.1) is 13.1 Å². The van der Waals surface area contributed by atoms with Crippen molar-refractivity contribution in [3.05, 3.63) is 47.4 Å². The molecule has 0 bridgehead atoms. The highest BCUT2D eigenvalue weighted by atomic mass is 127. The van der Waals surface area contributed by atoms with Crippen LogP contribution in [0.4, 0.5) is 0 Å². The maximum atomic E-state index is 5.96. The van der Waals surface area contributed by atoms with E-state index in [1.807, 2.05) is 51.1 Å². The van der Waals surface area contributed by atoms with Crippen molar-refractivity contribution in [2.75, 3.05) is 19.7 Å². The number of fused-ring (bicyclic) bond motifs is 1. The van der Waals surface area contributed by atoms with E-state index in [1.165, 1.54) is 0 Å². The summed E-state index contributed by atoms with van der Waals surface area (Å²) in [7, 11) is 0. The fourth-order valence-corrected chi connectivity index (χ4v) is 2.72. The molecule has 142 valence electrons. The quantitative estimate of drug-likeness (QED) is 0.398. The summed E-state index contributed by atoms with van der Waals surface area (Å²) in [5.74, 6) is 4.16. The summed E-state index contributed by atoms with van der Waals surface area (Å²) in [4.78, 5) is 4.62. The zero-order valence-electron chi connectivity index (χ0n) is 15.4. The predicted octanol–water partition coefficient (Wildman–Crippen LogP) is 3.41. The Hall–Kier alpha value is -1.90. The monoisotopic (exact) mass is 471 g/mol. The highest BCUT2D eigenvalue weighted by molar-refractivity contribution is 14.0. The van der Waals surface area contributed by atoms with Gasteiger partial charge >= 0.3 is 0 Å². The third kappa shape index (κ3) is 5.30. The van der Waals surface area contributed by atoms with Crippen molar-refractivity contribution in [3.8, 4) is 11.5 Å². The van der Waals surface area contributed by atoms with Crippen LogP contribution in [0.15, 0.2) is 39.7 Å². The molecular formula is C19H26IN3O3. The van der Waals surface area contributed by atoms with Crippen LogP contribution < -0.4 is 20.1 Å². The fraction of sp³-hybridized carbons (Fsp3) is 0.421. The van der Waals surface area contributed by atoms with Gasteiger partial charge in [-0.25, -0.2) is 4.99 Å². The van der Waals surface area contributed by atoms with Crippen molar-refractivity contribution in [2.24, 2.45) is 4.99 Å². The van der Waals surface area contributed by atoms with E-state index >= 15 is 0 Å². The minimum absolute atomic E-state index is 0. The summed E-state index contributed by atoms with van der Waals surface area (Å²) >= 11 is 0. The first-order valence-corrected chi connectivity index (χ1v) is 8.62. The molecule has 1 aromatic carbocycles. The number of benzene rings is 1. The number of nitrogens with zero attached hydrogens (tertiary/aromatic N) is 1. The smallest absolute Gasteiger partial charge is 0.191 e.